The third-order valence-electron chi connectivity index (χ3n) is 3.57. The smallest absolute Gasteiger partial charge is 0.257 e. The van der Waals surface area contributed by atoms with E-state index in [4.69, 9.17) is 0 Å². The van der Waals surface area contributed by atoms with E-state index in [1.807, 2.05) is 26.0 Å². The highest BCUT2D eigenvalue weighted by molar-refractivity contribution is 9.10. The number of benzene rings is 2. The highest BCUT2D eigenvalue weighted by Crippen LogP contribution is 2.21. The van der Waals surface area contributed by atoms with Gasteiger partial charge < -0.3 is 15.3 Å². The van der Waals surface area contributed by atoms with E-state index in [0.717, 1.165) is 15.6 Å². The summed E-state index contributed by atoms with van der Waals surface area (Å²) in [6, 6.07) is 10.3. The molecule has 5 nitrogen and oxygen atoms in total. The molecule has 0 heterocycles. The zero-order valence-electron chi connectivity index (χ0n) is 13.8. The van der Waals surface area contributed by atoms with Crippen molar-refractivity contribution in [3.8, 4) is 5.75 Å². The molecule has 126 valence electrons. The predicted octanol–water partition coefficient (Wildman–Crippen LogP) is 3.48. The topological polar surface area (TPSA) is 69.6 Å². The Morgan fingerprint density at radius 3 is 2.54 bits per heavy atom. The van der Waals surface area contributed by atoms with Crippen LogP contribution in [-0.4, -0.2) is 35.4 Å². The van der Waals surface area contributed by atoms with Crippen LogP contribution in [0.25, 0.3) is 0 Å². The van der Waals surface area contributed by atoms with Gasteiger partial charge in [-0.15, -0.1) is 0 Å². The fourth-order valence-corrected chi connectivity index (χ4v) is 2.75. The van der Waals surface area contributed by atoms with Crippen LogP contribution in [0, 0.1) is 13.8 Å². The Kier molecular flexibility index (Phi) is 5.62. The minimum Gasteiger partial charge on any atom is -0.507 e. The second-order valence-corrected chi connectivity index (χ2v) is 6.60. The first-order chi connectivity index (χ1) is 11.3. The van der Waals surface area contributed by atoms with E-state index in [9.17, 15) is 14.7 Å². The van der Waals surface area contributed by atoms with Crippen molar-refractivity contribution >= 4 is 33.4 Å². The minimum atomic E-state index is -0.404. The summed E-state index contributed by atoms with van der Waals surface area (Å²) in [7, 11) is 1.53. The Hall–Kier alpha value is -2.34. The lowest BCUT2D eigenvalue weighted by Gasteiger charge is -2.18. The maximum absolute atomic E-state index is 12.4. The molecule has 0 aliphatic carbocycles. The number of carbonyl (C=O) groups excluding carboxylic acids is 2. The van der Waals surface area contributed by atoms with Gasteiger partial charge in [-0.1, -0.05) is 27.6 Å². The summed E-state index contributed by atoms with van der Waals surface area (Å²) < 4.78 is 0.931. The lowest BCUT2D eigenvalue weighted by Crippen LogP contribution is -2.35. The Morgan fingerprint density at radius 1 is 1.17 bits per heavy atom. The van der Waals surface area contributed by atoms with Gasteiger partial charge >= 0.3 is 0 Å². The number of aromatic hydroxyl groups is 1. The molecule has 0 radical (unpaired) electrons. The highest BCUT2D eigenvalue weighted by atomic mass is 79.9. The molecule has 0 aliphatic rings. The van der Waals surface area contributed by atoms with E-state index in [2.05, 4.69) is 21.2 Å². The molecule has 0 bridgehead atoms. The number of hydrogen-bond acceptors (Lipinski definition) is 3. The second kappa shape index (κ2) is 7.49. The Balaban J connectivity index is 2.05. The number of nitrogens with zero attached hydrogens (tertiary/aromatic N) is 1. The maximum Gasteiger partial charge on any atom is 0.257 e. The number of phenolic OH excluding ortho intramolecular Hbond substituents is 1. The van der Waals surface area contributed by atoms with Crippen molar-refractivity contribution in [1.29, 1.82) is 0 Å². The summed E-state index contributed by atoms with van der Waals surface area (Å²) in [5, 5.41) is 12.6. The average molecular weight is 391 g/mol. The van der Waals surface area contributed by atoms with Crippen LogP contribution in [0.2, 0.25) is 0 Å². The Bertz CT molecular complexity index is 790. The number of carbonyl (C=O) groups is 2. The SMILES string of the molecule is Cc1ccc(O)c(C(=O)N(C)CC(=O)Nc2ccc(Br)cc2C)c1. The van der Waals surface area contributed by atoms with Crippen LogP contribution in [0.5, 0.6) is 5.75 Å². The van der Waals surface area contributed by atoms with Crippen LogP contribution >= 0.6 is 15.9 Å². The summed E-state index contributed by atoms with van der Waals surface area (Å²) in [6.07, 6.45) is 0. The van der Waals surface area contributed by atoms with Crippen molar-refractivity contribution < 1.29 is 14.7 Å². The zero-order valence-corrected chi connectivity index (χ0v) is 15.3. The summed E-state index contributed by atoms with van der Waals surface area (Å²) in [5.41, 5.74) is 2.66. The van der Waals surface area contributed by atoms with Crippen molar-refractivity contribution in [1.82, 2.24) is 4.90 Å². The first-order valence-corrected chi connectivity index (χ1v) is 8.18. The van der Waals surface area contributed by atoms with Gasteiger partial charge in [0.15, 0.2) is 0 Å². The molecule has 0 aliphatic heterocycles. The molecule has 2 amide bonds. The van der Waals surface area contributed by atoms with Crippen LogP contribution < -0.4 is 5.32 Å². The van der Waals surface area contributed by atoms with Crippen LogP contribution in [0.1, 0.15) is 21.5 Å². The van der Waals surface area contributed by atoms with Gasteiger partial charge in [0, 0.05) is 17.2 Å². The van der Waals surface area contributed by atoms with Gasteiger partial charge in [-0.3, -0.25) is 9.59 Å². The largest absolute Gasteiger partial charge is 0.507 e. The molecule has 0 atom stereocenters. The number of hydrogen-bond donors (Lipinski definition) is 2. The minimum absolute atomic E-state index is 0.0957. The lowest BCUT2D eigenvalue weighted by molar-refractivity contribution is -0.116. The fourth-order valence-electron chi connectivity index (χ4n) is 2.27. The van der Waals surface area contributed by atoms with Gasteiger partial charge in [0.05, 0.1) is 12.1 Å². The molecule has 6 heteroatoms. The van der Waals surface area contributed by atoms with E-state index in [1.54, 1.807) is 18.2 Å². The summed E-state index contributed by atoms with van der Waals surface area (Å²) >= 11 is 3.37. The maximum atomic E-state index is 12.4. The van der Waals surface area contributed by atoms with Crippen molar-refractivity contribution in [2.24, 2.45) is 0 Å². The van der Waals surface area contributed by atoms with Gasteiger partial charge in [-0.2, -0.15) is 0 Å². The number of halogens is 1. The molecule has 2 rings (SSSR count). The van der Waals surface area contributed by atoms with Gasteiger partial charge in [0.25, 0.3) is 5.91 Å². The average Bonchev–Trinajstić information content (AvgIpc) is 2.51. The van der Waals surface area contributed by atoms with Gasteiger partial charge in [0.1, 0.15) is 5.75 Å². The van der Waals surface area contributed by atoms with Gasteiger partial charge in [-0.25, -0.2) is 0 Å². The van der Waals surface area contributed by atoms with Crippen molar-refractivity contribution in [2.75, 3.05) is 18.9 Å². The number of phenols is 1. The predicted molar refractivity (Wildman–Crippen MR) is 97.3 cm³/mol. The quantitative estimate of drug-likeness (QED) is 0.839. The molecule has 24 heavy (non-hydrogen) atoms. The number of anilines is 1. The van der Waals surface area contributed by atoms with Gasteiger partial charge in [-0.05, 0) is 49.7 Å². The van der Waals surface area contributed by atoms with Crippen LogP contribution in [0.3, 0.4) is 0 Å². The highest BCUT2D eigenvalue weighted by Gasteiger charge is 2.18. The van der Waals surface area contributed by atoms with E-state index >= 15 is 0 Å². The number of nitrogens with one attached hydrogen (secondary N) is 1. The summed E-state index contributed by atoms with van der Waals surface area (Å²) in [6.45, 7) is 3.61. The molecule has 2 N–H and O–H groups in total. The fraction of sp³-hybridized carbons (Fsp3) is 0.222. The molecular formula is C18H19BrN2O3. The second-order valence-electron chi connectivity index (χ2n) is 5.69. The number of rotatable bonds is 4. The normalized spacial score (nSPS) is 10.3. The molecule has 0 saturated carbocycles. The van der Waals surface area contributed by atoms with E-state index in [-0.39, 0.29) is 23.8 Å². The standard InChI is InChI=1S/C18H19BrN2O3/c1-11-4-7-16(22)14(8-11)18(24)21(3)10-17(23)20-15-6-5-13(19)9-12(15)2/h4-9,22H,10H2,1-3H3,(H,20,23). The number of likely N-dealkylation sites (N-methyl/N-ethyl adjacent to an activating group) is 1. The first kappa shape index (κ1) is 18.0. The molecule has 0 fully saturated rings. The zero-order chi connectivity index (χ0) is 17.9. The summed E-state index contributed by atoms with van der Waals surface area (Å²) in [4.78, 5) is 25.8. The van der Waals surface area contributed by atoms with E-state index in [1.165, 1.54) is 18.0 Å². The van der Waals surface area contributed by atoms with Crippen LogP contribution in [0.15, 0.2) is 40.9 Å². The van der Waals surface area contributed by atoms with Crippen LogP contribution in [0.4, 0.5) is 5.69 Å². The molecule has 0 unspecified atom stereocenters. The Labute approximate surface area is 149 Å². The van der Waals surface area contributed by atoms with E-state index in [0.29, 0.717) is 5.69 Å². The molecule has 0 spiro atoms. The third-order valence-corrected chi connectivity index (χ3v) is 4.07. The molecule has 0 saturated heterocycles. The molecule has 0 aromatic heterocycles. The molecule has 2 aromatic rings. The van der Waals surface area contributed by atoms with Crippen molar-refractivity contribution in [2.45, 2.75) is 13.8 Å². The Morgan fingerprint density at radius 2 is 1.88 bits per heavy atom. The van der Waals surface area contributed by atoms with Crippen molar-refractivity contribution in [3.05, 3.63) is 57.6 Å². The van der Waals surface area contributed by atoms with Crippen LogP contribution in [-0.2, 0) is 4.79 Å². The first-order valence-electron chi connectivity index (χ1n) is 7.39. The summed E-state index contributed by atoms with van der Waals surface area (Å²) in [5.74, 6) is -0.802. The number of aryl methyl sites for hydroxylation is 2. The lowest BCUT2D eigenvalue weighted by atomic mass is 10.1. The van der Waals surface area contributed by atoms with E-state index < -0.39 is 5.91 Å². The third kappa shape index (κ3) is 4.35. The van der Waals surface area contributed by atoms with Crippen molar-refractivity contribution in [3.63, 3.8) is 0 Å². The number of amides is 2. The molecule has 2 aromatic carbocycles. The molecular weight excluding hydrogens is 372 g/mol. The van der Waals surface area contributed by atoms with Gasteiger partial charge in [0.2, 0.25) is 5.91 Å². The monoisotopic (exact) mass is 390 g/mol.